The fraction of sp³-hybridized carbons (Fsp3) is 0.250. The number of nitrogens with two attached hydrogens (primary N) is 1. The summed E-state index contributed by atoms with van der Waals surface area (Å²) in [7, 11) is 0. The molecule has 0 radical (unpaired) electrons. The standard InChI is InChI=1S/C16H17N5O/c1-3-19-9-14(18-2)21-13-8-11(10-4-5-10)6-7-12(13)15(17)20-16(21)22/h3,6-10H,2,4-5H2,1H3,(H2,17,20,22)/b14-9+,19-3-. The van der Waals surface area contributed by atoms with E-state index in [9.17, 15) is 4.79 Å². The molecule has 0 saturated heterocycles. The number of rotatable bonds is 4. The second-order valence-corrected chi connectivity index (χ2v) is 5.22. The third-order valence-corrected chi connectivity index (χ3v) is 3.72. The molecule has 1 aliphatic carbocycles. The maximum absolute atomic E-state index is 12.3. The Morgan fingerprint density at radius 3 is 2.91 bits per heavy atom. The SMILES string of the molecule is C=N/C(=C\N=C/C)n1c(=O)nc(N)c2ccc(C3CC3)cc21. The Morgan fingerprint density at radius 1 is 1.50 bits per heavy atom. The molecule has 0 unspecified atom stereocenters. The molecule has 22 heavy (non-hydrogen) atoms. The number of hydrogen-bond donors (Lipinski definition) is 1. The number of nitrogen functional groups attached to an aromatic ring is 1. The monoisotopic (exact) mass is 295 g/mol. The second-order valence-electron chi connectivity index (χ2n) is 5.22. The van der Waals surface area contributed by atoms with E-state index in [1.807, 2.05) is 18.2 Å². The zero-order valence-electron chi connectivity index (χ0n) is 12.4. The van der Waals surface area contributed by atoms with Crippen molar-refractivity contribution in [2.75, 3.05) is 5.73 Å². The van der Waals surface area contributed by atoms with Gasteiger partial charge < -0.3 is 5.73 Å². The number of nitrogens with zero attached hydrogens (tertiary/aromatic N) is 4. The summed E-state index contributed by atoms with van der Waals surface area (Å²) in [6.07, 6.45) is 5.45. The third kappa shape index (κ3) is 2.43. The first-order chi connectivity index (χ1) is 10.7. The van der Waals surface area contributed by atoms with Crippen molar-refractivity contribution in [2.24, 2.45) is 9.98 Å². The van der Waals surface area contributed by atoms with Crippen molar-refractivity contribution in [3.8, 4) is 0 Å². The lowest BCUT2D eigenvalue weighted by Crippen LogP contribution is -2.23. The van der Waals surface area contributed by atoms with E-state index in [1.54, 1.807) is 13.1 Å². The summed E-state index contributed by atoms with van der Waals surface area (Å²) < 4.78 is 1.40. The Bertz CT molecular complexity index is 859. The zero-order chi connectivity index (χ0) is 15.7. The number of aliphatic imine (C=N–C) groups is 2. The predicted molar refractivity (Wildman–Crippen MR) is 90.4 cm³/mol. The number of benzene rings is 1. The van der Waals surface area contributed by atoms with E-state index in [0.717, 1.165) is 5.39 Å². The van der Waals surface area contributed by atoms with E-state index in [0.29, 0.717) is 17.3 Å². The molecule has 2 N–H and O–H groups in total. The van der Waals surface area contributed by atoms with Crippen LogP contribution in [0, 0.1) is 0 Å². The lowest BCUT2D eigenvalue weighted by Gasteiger charge is -2.11. The van der Waals surface area contributed by atoms with Crippen LogP contribution in [0.1, 0.15) is 31.2 Å². The van der Waals surface area contributed by atoms with Crippen molar-refractivity contribution in [1.29, 1.82) is 0 Å². The molecule has 3 rings (SSSR count). The van der Waals surface area contributed by atoms with Gasteiger partial charge in [-0.25, -0.2) is 14.4 Å². The first-order valence-corrected chi connectivity index (χ1v) is 7.13. The number of anilines is 1. The van der Waals surface area contributed by atoms with Crippen LogP contribution < -0.4 is 11.4 Å². The average Bonchev–Trinajstić information content (AvgIpc) is 3.34. The van der Waals surface area contributed by atoms with Crippen LogP contribution in [0.5, 0.6) is 0 Å². The molecule has 6 heteroatoms. The number of hydrogen-bond acceptors (Lipinski definition) is 5. The fourth-order valence-electron chi connectivity index (χ4n) is 2.47. The van der Waals surface area contributed by atoms with Crippen LogP contribution in [0.3, 0.4) is 0 Å². The Labute approximate surface area is 127 Å². The van der Waals surface area contributed by atoms with E-state index in [-0.39, 0.29) is 5.82 Å². The molecular weight excluding hydrogens is 278 g/mol. The van der Waals surface area contributed by atoms with Gasteiger partial charge in [-0.15, -0.1) is 0 Å². The summed E-state index contributed by atoms with van der Waals surface area (Å²) in [5, 5.41) is 0.721. The molecule has 0 amide bonds. The average molecular weight is 295 g/mol. The van der Waals surface area contributed by atoms with E-state index < -0.39 is 5.69 Å². The smallest absolute Gasteiger partial charge is 0.355 e. The molecule has 1 aromatic heterocycles. The Hall–Kier alpha value is -2.76. The fourth-order valence-corrected chi connectivity index (χ4v) is 2.47. The highest BCUT2D eigenvalue weighted by atomic mass is 16.1. The van der Waals surface area contributed by atoms with E-state index in [2.05, 4.69) is 21.7 Å². The van der Waals surface area contributed by atoms with E-state index in [1.165, 1.54) is 29.2 Å². The number of aromatic nitrogens is 2. The minimum absolute atomic E-state index is 0.223. The van der Waals surface area contributed by atoms with Crippen LogP contribution in [0.4, 0.5) is 5.82 Å². The number of fused-ring (bicyclic) bond motifs is 1. The van der Waals surface area contributed by atoms with Crippen molar-refractivity contribution in [3.63, 3.8) is 0 Å². The summed E-state index contributed by atoms with van der Waals surface area (Å²) in [6.45, 7) is 5.30. The second kappa shape index (κ2) is 5.55. The van der Waals surface area contributed by atoms with Crippen LogP contribution in [-0.2, 0) is 0 Å². The summed E-state index contributed by atoms with van der Waals surface area (Å²) in [4.78, 5) is 24.1. The topological polar surface area (TPSA) is 85.6 Å². The normalized spacial score (nSPS) is 15.6. The molecule has 6 nitrogen and oxygen atoms in total. The van der Waals surface area contributed by atoms with Gasteiger partial charge in [0.15, 0.2) is 5.82 Å². The maximum Gasteiger partial charge on any atom is 0.355 e. The van der Waals surface area contributed by atoms with Gasteiger partial charge in [-0.05, 0) is 50.1 Å². The Balaban J connectivity index is 2.33. The van der Waals surface area contributed by atoms with Crippen LogP contribution in [-0.4, -0.2) is 22.5 Å². The van der Waals surface area contributed by atoms with Gasteiger partial charge in [0.25, 0.3) is 0 Å². The predicted octanol–water partition coefficient (Wildman–Crippen LogP) is 2.40. The molecule has 2 aromatic rings. The van der Waals surface area contributed by atoms with E-state index in [4.69, 9.17) is 5.73 Å². The van der Waals surface area contributed by atoms with Gasteiger partial charge in [-0.1, -0.05) is 6.07 Å². The molecule has 0 aliphatic heterocycles. The lowest BCUT2D eigenvalue weighted by molar-refractivity contribution is 0.964. The van der Waals surface area contributed by atoms with Crippen LogP contribution in [0.2, 0.25) is 0 Å². The summed E-state index contributed by atoms with van der Waals surface area (Å²) >= 11 is 0. The molecule has 0 spiro atoms. The van der Waals surface area contributed by atoms with Crippen molar-refractivity contribution < 1.29 is 0 Å². The van der Waals surface area contributed by atoms with Gasteiger partial charge in [0.05, 0.1) is 11.7 Å². The van der Waals surface area contributed by atoms with Crippen LogP contribution >= 0.6 is 0 Å². The van der Waals surface area contributed by atoms with Crippen LogP contribution in [0.25, 0.3) is 16.7 Å². The van der Waals surface area contributed by atoms with Crippen molar-refractivity contribution in [2.45, 2.75) is 25.7 Å². The van der Waals surface area contributed by atoms with Gasteiger partial charge in [-0.2, -0.15) is 4.98 Å². The lowest BCUT2D eigenvalue weighted by atomic mass is 10.1. The largest absolute Gasteiger partial charge is 0.383 e. The molecule has 1 fully saturated rings. The molecule has 1 heterocycles. The molecule has 0 bridgehead atoms. The molecular formula is C16H17N5O. The van der Waals surface area contributed by atoms with Gasteiger partial charge in [0, 0.05) is 11.6 Å². The van der Waals surface area contributed by atoms with Gasteiger partial charge in [-0.3, -0.25) is 4.99 Å². The minimum atomic E-state index is -0.483. The highest BCUT2D eigenvalue weighted by Crippen LogP contribution is 2.41. The highest BCUT2D eigenvalue weighted by molar-refractivity contribution is 5.90. The molecule has 112 valence electrons. The maximum atomic E-state index is 12.3. The molecule has 0 atom stereocenters. The molecule has 1 saturated carbocycles. The van der Waals surface area contributed by atoms with Gasteiger partial charge in [0.2, 0.25) is 0 Å². The summed E-state index contributed by atoms with van der Waals surface area (Å²) in [6, 6.07) is 5.94. The van der Waals surface area contributed by atoms with Crippen LogP contribution in [0.15, 0.2) is 39.2 Å². The van der Waals surface area contributed by atoms with Gasteiger partial charge >= 0.3 is 5.69 Å². The Morgan fingerprint density at radius 2 is 2.27 bits per heavy atom. The van der Waals surface area contributed by atoms with Crippen molar-refractivity contribution in [1.82, 2.24) is 9.55 Å². The first-order valence-electron chi connectivity index (χ1n) is 7.13. The Kier molecular flexibility index (Phi) is 3.58. The molecule has 1 aliphatic rings. The minimum Gasteiger partial charge on any atom is -0.383 e. The van der Waals surface area contributed by atoms with Crippen molar-refractivity contribution in [3.05, 3.63) is 40.4 Å². The van der Waals surface area contributed by atoms with Crippen molar-refractivity contribution >= 4 is 35.5 Å². The van der Waals surface area contributed by atoms with E-state index >= 15 is 0 Å². The quantitative estimate of drug-likeness (QED) is 0.879. The zero-order valence-corrected chi connectivity index (χ0v) is 12.4. The first kappa shape index (κ1) is 14.2. The highest BCUT2D eigenvalue weighted by Gasteiger charge is 2.24. The molecule has 1 aromatic carbocycles. The third-order valence-electron chi connectivity index (χ3n) is 3.72. The summed E-state index contributed by atoms with van der Waals surface area (Å²) in [5.41, 5.74) is 7.30. The summed E-state index contributed by atoms with van der Waals surface area (Å²) in [5.74, 6) is 1.12. The van der Waals surface area contributed by atoms with Gasteiger partial charge in [0.1, 0.15) is 5.82 Å².